The topological polar surface area (TPSA) is 12.0 Å². The molecule has 0 aromatic heterocycles. The molecule has 0 unspecified atom stereocenters. The maximum Gasteiger partial charge on any atom is 0.416 e. The van der Waals surface area contributed by atoms with Crippen molar-refractivity contribution in [2.75, 3.05) is 5.32 Å². The first-order valence-electron chi connectivity index (χ1n) is 5.82. The van der Waals surface area contributed by atoms with Gasteiger partial charge in [-0.25, -0.2) is 8.78 Å². The molecule has 0 radical (unpaired) electrons. The van der Waals surface area contributed by atoms with E-state index in [4.69, 9.17) is 0 Å². The number of anilines is 1. The van der Waals surface area contributed by atoms with Gasteiger partial charge in [0.25, 0.3) is 0 Å². The number of halogens is 6. The van der Waals surface area contributed by atoms with E-state index >= 15 is 0 Å². The lowest BCUT2D eigenvalue weighted by Gasteiger charge is -2.13. The van der Waals surface area contributed by atoms with Gasteiger partial charge in [-0.2, -0.15) is 13.2 Å². The van der Waals surface area contributed by atoms with Crippen molar-refractivity contribution in [3.63, 3.8) is 0 Å². The van der Waals surface area contributed by atoms with Gasteiger partial charge in [0.2, 0.25) is 0 Å². The summed E-state index contributed by atoms with van der Waals surface area (Å²) < 4.78 is 64.7. The zero-order chi connectivity index (χ0) is 15.6. The second-order valence-electron chi connectivity index (χ2n) is 4.28. The highest BCUT2D eigenvalue weighted by Gasteiger charge is 2.30. The van der Waals surface area contributed by atoms with Crippen LogP contribution < -0.4 is 5.32 Å². The van der Waals surface area contributed by atoms with Crippen molar-refractivity contribution in [1.29, 1.82) is 0 Å². The van der Waals surface area contributed by atoms with E-state index in [0.29, 0.717) is 4.47 Å². The van der Waals surface area contributed by atoms with E-state index < -0.39 is 23.4 Å². The molecule has 0 amide bonds. The summed E-state index contributed by atoms with van der Waals surface area (Å²) in [5, 5.41) is 2.66. The molecule has 1 nitrogen and oxygen atoms in total. The van der Waals surface area contributed by atoms with Crippen molar-refractivity contribution in [3.05, 3.63) is 63.6 Å². The molecule has 2 aromatic carbocycles. The molecule has 0 aliphatic rings. The lowest BCUT2D eigenvalue weighted by atomic mass is 10.1. The summed E-state index contributed by atoms with van der Waals surface area (Å²) in [6.07, 6.45) is -4.47. The molecule has 21 heavy (non-hydrogen) atoms. The number of alkyl halides is 3. The van der Waals surface area contributed by atoms with Gasteiger partial charge < -0.3 is 5.32 Å². The summed E-state index contributed by atoms with van der Waals surface area (Å²) in [7, 11) is 0. The average molecular weight is 366 g/mol. The summed E-state index contributed by atoms with van der Waals surface area (Å²) in [5.74, 6) is -1.25. The number of nitrogens with one attached hydrogen (secondary N) is 1. The number of benzene rings is 2. The summed E-state index contributed by atoms with van der Waals surface area (Å²) in [4.78, 5) is 0. The SMILES string of the molecule is Fc1ccc(F)c(CNc2cc(C(F)(F)F)ccc2Br)c1. The van der Waals surface area contributed by atoms with Crippen LogP contribution in [0.5, 0.6) is 0 Å². The first-order chi connectivity index (χ1) is 9.77. The first-order valence-corrected chi connectivity index (χ1v) is 6.61. The Morgan fingerprint density at radius 3 is 2.38 bits per heavy atom. The minimum Gasteiger partial charge on any atom is -0.380 e. The quantitative estimate of drug-likeness (QED) is 0.722. The van der Waals surface area contributed by atoms with Crippen LogP contribution in [-0.4, -0.2) is 0 Å². The molecule has 0 saturated carbocycles. The van der Waals surface area contributed by atoms with Crippen LogP contribution in [0.3, 0.4) is 0 Å². The van der Waals surface area contributed by atoms with E-state index in [-0.39, 0.29) is 17.8 Å². The van der Waals surface area contributed by atoms with Crippen LogP contribution in [0.15, 0.2) is 40.9 Å². The molecule has 0 saturated heterocycles. The summed E-state index contributed by atoms with van der Waals surface area (Å²) in [6.45, 7) is -0.135. The lowest BCUT2D eigenvalue weighted by molar-refractivity contribution is -0.137. The van der Waals surface area contributed by atoms with E-state index in [1.807, 2.05) is 0 Å². The van der Waals surface area contributed by atoms with E-state index in [0.717, 1.165) is 30.3 Å². The second-order valence-corrected chi connectivity index (χ2v) is 5.14. The summed E-state index contributed by atoms with van der Waals surface area (Å²) in [5.41, 5.74) is -0.652. The standard InChI is InChI=1S/C14H9BrF5N/c15-11-3-1-9(14(18,19)20)6-13(11)21-7-8-5-10(16)2-4-12(8)17/h1-6,21H,7H2. The van der Waals surface area contributed by atoms with Crippen LogP contribution in [0.25, 0.3) is 0 Å². The van der Waals surface area contributed by atoms with E-state index in [2.05, 4.69) is 21.2 Å². The molecule has 0 spiro atoms. The molecule has 1 N–H and O–H groups in total. The smallest absolute Gasteiger partial charge is 0.380 e. The van der Waals surface area contributed by atoms with Gasteiger partial charge in [-0.3, -0.25) is 0 Å². The van der Waals surface area contributed by atoms with Gasteiger partial charge in [-0.15, -0.1) is 0 Å². The fraction of sp³-hybridized carbons (Fsp3) is 0.143. The van der Waals surface area contributed by atoms with Gasteiger partial charge in [0, 0.05) is 22.3 Å². The fourth-order valence-corrected chi connectivity index (χ4v) is 2.09. The van der Waals surface area contributed by atoms with E-state index in [1.54, 1.807) is 0 Å². The van der Waals surface area contributed by atoms with Crippen LogP contribution in [0, 0.1) is 11.6 Å². The highest BCUT2D eigenvalue weighted by molar-refractivity contribution is 9.10. The minimum absolute atomic E-state index is 0.0271. The number of hydrogen-bond donors (Lipinski definition) is 1. The van der Waals surface area contributed by atoms with Crippen molar-refractivity contribution in [2.24, 2.45) is 0 Å². The van der Waals surface area contributed by atoms with Crippen molar-refractivity contribution < 1.29 is 22.0 Å². The van der Waals surface area contributed by atoms with Crippen molar-refractivity contribution in [3.8, 4) is 0 Å². The zero-order valence-corrected chi connectivity index (χ0v) is 12.0. The maximum atomic E-state index is 13.4. The Bertz CT molecular complexity index is 654. The summed E-state index contributed by atoms with van der Waals surface area (Å²) in [6, 6.07) is 6.00. The normalized spacial score (nSPS) is 11.5. The third kappa shape index (κ3) is 3.93. The van der Waals surface area contributed by atoms with Crippen LogP contribution in [0.4, 0.5) is 27.6 Å². The number of hydrogen-bond acceptors (Lipinski definition) is 1. The third-order valence-corrected chi connectivity index (χ3v) is 3.46. The van der Waals surface area contributed by atoms with Crippen LogP contribution in [0.2, 0.25) is 0 Å². The molecule has 0 fully saturated rings. The molecular weight excluding hydrogens is 357 g/mol. The first kappa shape index (κ1) is 15.8. The van der Waals surface area contributed by atoms with Gasteiger partial charge in [0.15, 0.2) is 0 Å². The Labute approximate surface area is 125 Å². The molecule has 0 atom stereocenters. The van der Waals surface area contributed by atoms with Crippen molar-refractivity contribution in [2.45, 2.75) is 12.7 Å². The maximum absolute atomic E-state index is 13.4. The molecule has 112 valence electrons. The monoisotopic (exact) mass is 365 g/mol. The predicted molar refractivity (Wildman–Crippen MR) is 72.8 cm³/mol. The molecule has 7 heteroatoms. The van der Waals surface area contributed by atoms with Crippen LogP contribution in [-0.2, 0) is 12.7 Å². The van der Waals surface area contributed by atoms with Crippen molar-refractivity contribution in [1.82, 2.24) is 0 Å². The van der Waals surface area contributed by atoms with Gasteiger partial charge in [-0.05, 0) is 52.3 Å². The summed E-state index contributed by atoms with van der Waals surface area (Å²) >= 11 is 3.11. The Morgan fingerprint density at radius 2 is 1.71 bits per heavy atom. The highest BCUT2D eigenvalue weighted by atomic mass is 79.9. The Kier molecular flexibility index (Phi) is 4.51. The van der Waals surface area contributed by atoms with Gasteiger partial charge in [-0.1, -0.05) is 0 Å². The van der Waals surface area contributed by atoms with E-state index in [1.165, 1.54) is 6.07 Å². The molecule has 0 aliphatic heterocycles. The molecule has 0 heterocycles. The van der Waals surface area contributed by atoms with Gasteiger partial charge >= 0.3 is 6.18 Å². The number of rotatable bonds is 3. The minimum atomic E-state index is -4.47. The molecule has 2 aromatic rings. The van der Waals surface area contributed by atoms with Gasteiger partial charge in [0.05, 0.1) is 5.56 Å². The van der Waals surface area contributed by atoms with Crippen LogP contribution >= 0.6 is 15.9 Å². The van der Waals surface area contributed by atoms with Crippen LogP contribution in [0.1, 0.15) is 11.1 Å². The Hall–Kier alpha value is -1.63. The zero-order valence-electron chi connectivity index (χ0n) is 10.4. The Morgan fingerprint density at radius 1 is 1.00 bits per heavy atom. The largest absolute Gasteiger partial charge is 0.416 e. The third-order valence-electron chi connectivity index (χ3n) is 2.77. The molecular formula is C14H9BrF5N. The predicted octanol–water partition coefficient (Wildman–Crippen LogP) is 5.36. The molecule has 0 bridgehead atoms. The molecule has 0 aliphatic carbocycles. The second kappa shape index (κ2) is 6.01. The highest BCUT2D eigenvalue weighted by Crippen LogP contribution is 2.34. The lowest BCUT2D eigenvalue weighted by Crippen LogP contribution is -2.07. The van der Waals surface area contributed by atoms with E-state index in [9.17, 15) is 22.0 Å². The average Bonchev–Trinajstić information content (AvgIpc) is 2.40. The molecule has 2 rings (SSSR count). The Balaban J connectivity index is 2.22. The fourth-order valence-electron chi connectivity index (χ4n) is 1.71. The van der Waals surface area contributed by atoms with Crippen molar-refractivity contribution >= 4 is 21.6 Å². The van der Waals surface area contributed by atoms with Gasteiger partial charge in [0.1, 0.15) is 11.6 Å².